The third-order valence-corrected chi connectivity index (χ3v) is 7.60. The first-order chi connectivity index (χ1) is 16.1. The van der Waals surface area contributed by atoms with E-state index in [1.54, 1.807) is 7.11 Å². The van der Waals surface area contributed by atoms with Gasteiger partial charge in [-0.3, -0.25) is 4.21 Å². The molecular weight excluding hydrogens is 444 g/mol. The van der Waals surface area contributed by atoms with Gasteiger partial charge in [0.1, 0.15) is 6.61 Å². The Balaban J connectivity index is 1.52. The molecule has 0 radical (unpaired) electrons. The molecule has 2 aliphatic rings. The van der Waals surface area contributed by atoms with Gasteiger partial charge < -0.3 is 23.8 Å². The summed E-state index contributed by atoms with van der Waals surface area (Å²) >= 11 is 0. The van der Waals surface area contributed by atoms with Gasteiger partial charge in [-0.15, -0.1) is 0 Å². The van der Waals surface area contributed by atoms with Gasteiger partial charge in [0, 0.05) is 61.5 Å². The predicted molar refractivity (Wildman–Crippen MR) is 124 cm³/mol. The van der Waals surface area contributed by atoms with E-state index in [1.807, 2.05) is 9.80 Å². The molecule has 2 fully saturated rings. The van der Waals surface area contributed by atoms with Gasteiger partial charge in [-0.05, 0) is 29.1 Å². The molecule has 0 spiro atoms. The Morgan fingerprint density at radius 1 is 1.12 bits per heavy atom. The van der Waals surface area contributed by atoms with E-state index in [9.17, 15) is 9.00 Å². The molecule has 4 rings (SSSR count). The van der Waals surface area contributed by atoms with Gasteiger partial charge >= 0.3 is 12.0 Å². The van der Waals surface area contributed by atoms with Gasteiger partial charge in [-0.2, -0.15) is 4.98 Å². The average molecular weight is 477 g/mol. The van der Waals surface area contributed by atoms with Crippen molar-refractivity contribution in [3.05, 3.63) is 41.3 Å². The molecule has 2 aliphatic heterocycles. The van der Waals surface area contributed by atoms with Gasteiger partial charge in [0.05, 0.1) is 12.5 Å². The Morgan fingerprint density at radius 3 is 2.55 bits per heavy atom. The van der Waals surface area contributed by atoms with Crippen molar-refractivity contribution in [2.45, 2.75) is 31.6 Å². The summed E-state index contributed by atoms with van der Waals surface area (Å²) in [6, 6.07) is 8.80. The highest BCUT2D eigenvalue weighted by molar-refractivity contribution is 7.85. The highest BCUT2D eigenvalue weighted by atomic mass is 32.2. The van der Waals surface area contributed by atoms with E-state index < -0.39 is 10.8 Å². The molecule has 0 saturated carbocycles. The summed E-state index contributed by atoms with van der Waals surface area (Å²) < 4.78 is 27.7. The van der Waals surface area contributed by atoms with Crippen molar-refractivity contribution >= 4 is 16.8 Å². The second kappa shape index (κ2) is 11.1. The fraction of sp³-hybridized carbons (Fsp3) is 0.609. The van der Waals surface area contributed by atoms with Crippen LogP contribution in [-0.2, 0) is 22.0 Å². The van der Waals surface area contributed by atoms with Crippen molar-refractivity contribution in [1.82, 2.24) is 19.9 Å². The number of aromatic nitrogens is 2. The van der Waals surface area contributed by atoms with E-state index in [-0.39, 0.29) is 23.9 Å². The number of amides is 2. The lowest BCUT2D eigenvalue weighted by atomic mass is 9.84. The summed E-state index contributed by atoms with van der Waals surface area (Å²) in [5.41, 5.74) is 2.49. The number of nitrogens with zero attached hydrogens (tertiary/aromatic N) is 4. The second-order valence-electron chi connectivity index (χ2n) is 8.50. The Kier molecular flexibility index (Phi) is 7.97. The number of ether oxygens (including phenoxy) is 2. The average Bonchev–Trinajstić information content (AvgIpc) is 3.33. The van der Waals surface area contributed by atoms with Crippen LogP contribution in [0, 0.1) is 0 Å². The molecule has 2 amide bonds. The Morgan fingerprint density at radius 2 is 1.85 bits per heavy atom. The lowest BCUT2D eigenvalue weighted by Gasteiger charge is -2.40. The van der Waals surface area contributed by atoms with E-state index in [1.165, 1.54) is 11.1 Å². The molecule has 2 saturated heterocycles. The number of urea groups is 1. The SMILES string of the molecule is CCc1ccc(C2CC(c3nc(OCCOC)no3)CN(C(=O)N3CCS(=O)CC3)C2)cc1. The maximum absolute atomic E-state index is 13.3. The molecule has 1 aromatic carbocycles. The maximum Gasteiger partial charge on any atom is 0.354 e. The zero-order chi connectivity index (χ0) is 23.2. The highest BCUT2D eigenvalue weighted by Gasteiger charge is 2.36. The Hall–Kier alpha value is -2.46. The minimum absolute atomic E-state index is 0.0114. The maximum atomic E-state index is 13.3. The summed E-state index contributed by atoms with van der Waals surface area (Å²) in [6.45, 7) is 5.10. The van der Waals surface area contributed by atoms with Crippen LogP contribution in [0.1, 0.15) is 42.2 Å². The third kappa shape index (κ3) is 5.92. The van der Waals surface area contributed by atoms with Crippen molar-refractivity contribution in [2.24, 2.45) is 0 Å². The summed E-state index contributed by atoms with van der Waals surface area (Å²) in [7, 11) is 0.774. The molecule has 180 valence electrons. The first kappa shape index (κ1) is 23.7. The van der Waals surface area contributed by atoms with Crippen LogP contribution >= 0.6 is 0 Å². The molecule has 10 heteroatoms. The number of rotatable bonds is 7. The lowest BCUT2D eigenvalue weighted by molar-refractivity contribution is 0.130. The van der Waals surface area contributed by atoms with Crippen molar-refractivity contribution < 1.29 is 23.0 Å². The first-order valence-corrected chi connectivity index (χ1v) is 13.0. The van der Waals surface area contributed by atoms with Gasteiger partial charge in [0.2, 0.25) is 5.89 Å². The van der Waals surface area contributed by atoms with E-state index in [4.69, 9.17) is 14.0 Å². The van der Waals surface area contributed by atoms with Crippen LogP contribution in [0.25, 0.3) is 0 Å². The van der Waals surface area contributed by atoms with Gasteiger partial charge in [-0.1, -0.05) is 31.2 Å². The normalized spacial score (nSPS) is 21.9. The number of hydrogen-bond donors (Lipinski definition) is 0. The Bertz CT molecular complexity index is 941. The van der Waals surface area contributed by atoms with Crippen LogP contribution in [0.2, 0.25) is 0 Å². The fourth-order valence-corrected chi connectivity index (χ4v) is 5.44. The van der Waals surface area contributed by atoms with E-state index in [2.05, 4.69) is 41.3 Å². The zero-order valence-electron chi connectivity index (χ0n) is 19.3. The van der Waals surface area contributed by atoms with E-state index in [0.29, 0.717) is 56.8 Å². The summed E-state index contributed by atoms with van der Waals surface area (Å²) in [6.07, 6.45) is 1.79. The number of benzene rings is 1. The number of carbonyl (C=O) groups excluding carboxylic acids is 1. The molecule has 33 heavy (non-hydrogen) atoms. The minimum atomic E-state index is -0.829. The molecule has 2 unspecified atom stereocenters. The number of hydrogen-bond acceptors (Lipinski definition) is 7. The van der Waals surface area contributed by atoms with Crippen molar-refractivity contribution in [3.8, 4) is 6.01 Å². The molecule has 0 N–H and O–H groups in total. The van der Waals surface area contributed by atoms with E-state index >= 15 is 0 Å². The standard InChI is InChI=1S/C23H32N4O5S/c1-3-17-4-6-18(7-5-17)19-14-20(21-24-22(25-32-21)31-11-10-30-2)16-27(15-19)23(28)26-8-12-33(29)13-9-26/h4-7,19-20H,3,8-16H2,1-2H3. The number of likely N-dealkylation sites (tertiary alicyclic amines) is 1. The van der Waals surface area contributed by atoms with Crippen molar-refractivity contribution in [2.75, 3.05) is 58.0 Å². The van der Waals surface area contributed by atoms with Gasteiger partial charge in [0.25, 0.3) is 0 Å². The van der Waals surface area contributed by atoms with Crippen molar-refractivity contribution in [3.63, 3.8) is 0 Å². The highest BCUT2D eigenvalue weighted by Crippen LogP contribution is 2.36. The third-order valence-electron chi connectivity index (χ3n) is 6.32. The molecule has 0 bridgehead atoms. The minimum Gasteiger partial charge on any atom is -0.459 e. The first-order valence-electron chi connectivity index (χ1n) is 11.5. The summed E-state index contributed by atoms with van der Waals surface area (Å²) in [5, 5.41) is 3.94. The lowest BCUT2D eigenvalue weighted by Crippen LogP contribution is -2.52. The Labute approximate surface area is 196 Å². The number of aryl methyl sites for hydroxylation is 1. The van der Waals surface area contributed by atoms with Crippen LogP contribution in [-0.4, -0.2) is 88.2 Å². The fourth-order valence-electron chi connectivity index (χ4n) is 4.39. The zero-order valence-corrected chi connectivity index (χ0v) is 20.1. The molecule has 2 aromatic rings. The molecule has 0 aliphatic carbocycles. The van der Waals surface area contributed by atoms with Crippen LogP contribution in [0.5, 0.6) is 6.01 Å². The van der Waals surface area contributed by atoms with Crippen LogP contribution in [0.4, 0.5) is 4.79 Å². The van der Waals surface area contributed by atoms with Crippen molar-refractivity contribution in [1.29, 1.82) is 0 Å². The monoisotopic (exact) mass is 476 g/mol. The van der Waals surface area contributed by atoms with E-state index in [0.717, 1.165) is 12.8 Å². The molecule has 2 atom stereocenters. The smallest absolute Gasteiger partial charge is 0.354 e. The van der Waals surface area contributed by atoms with Crippen LogP contribution in [0.3, 0.4) is 0 Å². The van der Waals surface area contributed by atoms with Crippen LogP contribution in [0.15, 0.2) is 28.8 Å². The summed E-state index contributed by atoms with van der Waals surface area (Å²) in [4.78, 5) is 21.5. The second-order valence-corrected chi connectivity index (χ2v) is 10.2. The van der Waals surface area contributed by atoms with Crippen LogP contribution < -0.4 is 4.74 Å². The number of methoxy groups -OCH3 is 1. The quantitative estimate of drug-likeness (QED) is 0.566. The summed E-state index contributed by atoms with van der Waals surface area (Å²) in [5.74, 6) is 1.62. The molecule has 9 nitrogen and oxygen atoms in total. The molecular formula is C23H32N4O5S. The van der Waals surface area contributed by atoms with Gasteiger partial charge in [-0.25, -0.2) is 4.79 Å². The topological polar surface area (TPSA) is 98.0 Å². The molecule has 1 aromatic heterocycles. The predicted octanol–water partition coefficient (Wildman–Crippen LogP) is 2.41. The number of piperidine rings is 1. The number of carbonyl (C=O) groups is 1. The molecule has 3 heterocycles. The van der Waals surface area contributed by atoms with Gasteiger partial charge in [0.15, 0.2) is 0 Å². The largest absolute Gasteiger partial charge is 0.459 e.